The van der Waals surface area contributed by atoms with Crippen LogP contribution in [0.5, 0.6) is 0 Å². The second-order valence-electron chi connectivity index (χ2n) is 3.18. The molecular formula is C12H9S4+. The lowest BCUT2D eigenvalue weighted by Crippen LogP contribution is -1.91. The van der Waals surface area contributed by atoms with Crippen LogP contribution in [0.2, 0.25) is 0 Å². The highest BCUT2D eigenvalue weighted by atomic mass is 33.1. The molecular weight excluding hydrogens is 272 g/mol. The first-order valence-electron chi connectivity index (χ1n) is 4.79. The molecule has 0 aromatic carbocycles. The van der Waals surface area contributed by atoms with Crippen molar-refractivity contribution in [1.29, 1.82) is 0 Å². The molecule has 4 heteroatoms. The first-order valence-corrected chi connectivity index (χ1v) is 9.24. The molecule has 0 N–H and O–H groups in total. The fraction of sp³-hybridized carbons (Fsp3) is 0. The summed E-state index contributed by atoms with van der Waals surface area (Å²) in [6, 6.07) is 8.62. The van der Waals surface area contributed by atoms with Crippen molar-refractivity contribution >= 4 is 49.0 Å². The summed E-state index contributed by atoms with van der Waals surface area (Å²) in [7, 11) is 2.15. The average molecular weight is 281 g/mol. The smallest absolute Gasteiger partial charge is 0.144 e. The topological polar surface area (TPSA) is 0 Å². The van der Waals surface area contributed by atoms with Gasteiger partial charge in [0, 0.05) is 21.9 Å². The summed E-state index contributed by atoms with van der Waals surface area (Å²) < 4.78 is 1.46. The SMILES string of the molecule is C1=C[S+](c2cccs2)SC=C1c1cccs1. The third-order valence-corrected chi connectivity index (χ3v) is 8.13. The minimum Gasteiger partial charge on any atom is -0.144 e. The van der Waals surface area contributed by atoms with Crippen LogP contribution in [-0.4, -0.2) is 0 Å². The third-order valence-electron chi connectivity index (χ3n) is 2.15. The normalized spacial score (nSPS) is 19.8. The van der Waals surface area contributed by atoms with Gasteiger partial charge in [0.25, 0.3) is 0 Å². The van der Waals surface area contributed by atoms with E-state index in [0.717, 1.165) is 0 Å². The number of allylic oxidation sites excluding steroid dienone is 2. The Morgan fingerprint density at radius 2 is 1.88 bits per heavy atom. The Hall–Kier alpha value is -0.420. The van der Waals surface area contributed by atoms with Crippen LogP contribution >= 0.6 is 33.5 Å². The molecule has 3 heterocycles. The molecule has 0 aliphatic carbocycles. The maximum atomic E-state index is 2.32. The molecule has 1 aliphatic heterocycles. The van der Waals surface area contributed by atoms with Crippen LogP contribution in [0, 0.1) is 0 Å². The van der Waals surface area contributed by atoms with Gasteiger partial charge in [-0.15, -0.1) is 11.3 Å². The van der Waals surface area contributed by atoms with Crippen LogP contribution in [0.3, 0.4) is 0 Å². The highest BCUT2D eigenvalue weighted by molar-refractivity contribution is 8.76. The monoisotopic (exact) mass is 281 g/mol. The highest BCUT2D eigenvalue weighted by Gasteiger charge is 2.24. The van der Waals surface area contributed by atoms with Crippen LogP contribution in [0.25, 0.3) is 5.57 Å². The van der Waals surface area contributed by atoms with Crippen molar-refractivity contribution in [2.45, 2.75) is 4.21 Å². The highest BCUT2D eigenvalue weighted by Crippen LogP contribution is 2.38. The number of rotatable bonds is 2. The summed E-state index contributed by atoms with van der Waals surface area (Å²) in [5.41, 5.74) is 1.35. The quantitative estimate of drug-likeness (QED) is 0.551. The minimum atomic E-state index is 0.224. The molecule has 2 aromatic rings. The summed E-state index contributed by atoms with van der Waals surface area (Å²) >= 11 is 3.64. The Bertz CT molecular complexity index is 505. The minimum absolute atomic E-state index is 0.224. The van der Waals surface area contributed by atoms with Crippen LogP contribution in [0.4, 0.5) is 0 Å². The predicted molar refractivity (Wildman–Crippen MR) is 79.0 cm³/mol. The molecule has 3 rings (SSSR count). The largest absolute Gasteiger partial charge is 0.227 e. The Morgan fingerprint density at radius 3 is 2.50 bits per heavy atom. The van der Waals surface area contributed by atoms with Gasteiger partial charge in [0.2, 0.25) is 4.21 Å². The van der Waals surface area contributed by atoms with E-state index >= 15 is 0 Å². The van der Waals surface area contributed by atoms with E-state index in [1.54, 1.807) is 11.3 Å². The third kappa shape index (κ3) is 2.15. The van der Waals surface area contributed by atoms with E-state index in [1.807, 2.05) is 22.1 Å². The van der Waals surface area contributed by atoms with Gasteiger partial charge in [0.05, 0.1) is 0 Å². The van der Waals surface area contributed by atoms with Gasteiger partial charge in [-0.1, -0.05) is 17.4 Å². The van der Waals surface area contributed by atoms with Crippen molar-refractivity contribution < 1.29 is 0 Å². The first-order chi connectivity index (χ1) is 7.93. The number of hydrogen-bond acceptors (Lipinski definition) is 3. The Labute approximate surface area is 109 Å². The van der Waals surface area contributed by atoms with Crippen molar-refractivity contribution in [2.24, 2.45) is 0 Å². The van der Waals surface area contributed by atoms with Crippen molar-refractivity contribution in [3.8, 4) is 0 Å². The van der Waals surface area contributed by atoms with Gasteiger partial charge in [0.15, 0.2) is 0 Å². The Kier molecular flexibility index (Phi) is 3.24. The zero-order valence-corrected chi connectivity index (χ0v) is 11.6. The molecule has 0 nitrogen and oxygen atoms in total. The molecule has 0 radical (unpaired) electrons. The Balaban J connectivity index is 1.79. The van der Waals surface area contributed by atoms with Crippen LogP contribution in [-0.2, 0) is 9.93 Å². The molecule has 0 amide bonds. The summed E-state index contributed by atoms with van der Waals surface area (Å²) in [6.07, 6.45) is 2.26. The van der Waals surface area contributed by atoms with Crippen molar-refractivity contribution in [3.05, 3.63) is 56.8 Å². The maximum absolute atomic E-state index is 2.32. The molecule has 0 saturated carbocycles. The maximum Gasteiger partial charge on any atom is 0.227 e. The number of thiophene rings is 2. The molecule has 1 unspecified atom stereocenters. The average Bonchev–Trinajstić information content (AvgIpc) is 3.03. The molecule has 1 atom stereocenters. The second kappa shape index (κ2) is 4.84. The van der Waals surface area contributed by atoms with Crippen LogP contribution in [0.1, 0.15) is 4.88 Å². The molecule has 0 bridgehead atoms. The molecule has 16 heavy (non-hydrogen) atoms. The molecule has 0 spiro atoms. The van der Waals surface area contributed by atoms with Gasteiger partial charge in [-0.05, 0) is 29.0 Å². The van der Waals surface area contributed by atoms with Gasteiger partial charge >= 0.3 is 0 Å². The first kappa shape index (κ1) is 10.7. The number of hydrogen-bond donors (Lipinski definition) is 0. The molecule has 0 saturated heterocycles. The van der Waals surface area contributed by atoms with Gasteiger partial charge in [-0.25, -0.2) is 0 Å². The second-order valence-corrected chi connectivity index (χ2v) is 8.72. The van der Waals surface area contributed by atoms with E-state index in [2.05, 4.69) is 51.9 Å². The van der Waals surface area contributed by atoms with Crippen LogP contribution < -0.4 is 0 Å². The predicted octanol–water partition coefficient (Wildman–Crippen LogP) is 5.00. The van der Waals surface area contributed by atoms with E-state index in [0.29, 0.717) is 0 Å². The summed E-state index contributed by atoms with van der Waals surface area (Å²) in [5.74, 6) is 0. The standard InChI is InChI=1S/C12H9S4/c1-3-11(13-6-1)10-5-8-16(15-9-10)12-4-2-7-14-12/h1-9H/q+1. The molecule has 80 valence electrons. The summed E-state index contributed by atoms with van der Waals surface area (Å²) in [6.45, 7) is 0. The molecule has 0 fully saturated rings. The van der Waals surface area contributed by atoms with E-state index in [-0.39, 0.29) is 9.93 Å². The summed E-state index contributed by atoms with van der Waals surface area (Å²) in [4.78, 5) is 1.36. The van der Waals surface area contributed by atoms with Gasteiger partial charge in [-0.3, -0.25) is 0 Å². The fourth-order valence-electron chi connectivity index (χ4n) is 1.39. The van der Waals surface area contributed by atoms with Crippen molar-refractivity contribution in [1.82, 2.24) is 0 Å². The van der Waals surface area contributed by atoms with E-state index < -0.39 is 0 Å². The Morgan fingerprint density at radius 1 is 1.00 bits per heavy atom. The fourth-order valence-corrected chi connectivity index (χ4v) is 6.67. The molecule has 1 aliphatic rings. The van der Waals surface area contributed by atoms with E-state index in [1.165, 1.54) is 14.7 Å². The van der Waals surface area contributed by atoms with Crippen LogP contribution in [0.15, 0.2) is 56.1 Å². The molecule has 2 aromatic heterocycles. The van der Waals surface area contributed by atoms with Gasteiger partial charge < -0.3 is 0 Å². The van der Waals surface area contributed by atoms with E-state index in [4.69, 9.17) is 0 Å². The zero-order valence-electron chi connectivity index (χ0n) is 8.33. The van der Waals surface area contributed by atoms with Gasteiger partial charge in [0.1, 0.15) is 26.1 Å². The van der Waals surface area contributed by atoms with Crippen molar-refractivity contribution in [2.75, 3.05) is 0 Å². The zero-order chi connectivity index (χ0) is 10.8. The lowest BCUT2D eigenvalue weighted by Gasteiger charge is -2.03. The van der Waals surface area contributed by atoms with Crippen molar-refractivity contribution in [3.63, 3.8) is 0 Å². The lowest BCUT2D eigenvalue weighted by molar-refractivity contribution is 1.74. The summed E-state index contributed by atoms with van der Waals surface area (Å²) in [5, 5.41) is 8.89. The van der Waals surface area contributed by atoms with E-state index in [9.17, 15) is 0 Å². The van der Waals surface area contributed by atoms with Gasteiger partial charge in [-0.2, -0.15) is 0 Å². The lowest BCUT2D eigenvalue weighted by atomic mass is 10.2.